The van der Waals surface area contributed by atoms with E-state index in [9.17, 15) is 18.0 Å². The van der Waals surface area contributed by atoms with Gasteiger partial charge in [0.1, 0.15) is 5.82 Å². The van der Waals surface area contributed by atoms with Crippen LogP contribution in [0.3, 0.4) is 0 Å². The maximum atomic E-state index is 13.1. The summed E-state index contributed by atoms with van der Waals surface area (Å²) >= 11 is 0. The second-order valence-corrected chi connectivity index (χ2v) is 9.94. The molecule has 2 fully saturated rings. The number of nitrogens with one attached hydrogen (secondary N) is 1. The first kappa shape index (κ1) is 24.6. The second kappa shape index (κ2) is 9.29. The Morgan fingerprint density at radius 2 is 1.76 bits per heavy atom. The van der Waals surface area contributed by atoms with E-state index >= 15 is 0 Å². The monoisotopic (exact) mass is 483 g/mol. The topological polar surface area (TPSA) is 87.9 Å². The molecule has 2 saturated heterocycles. The third-order valence-electron chi connectivity index (χ3n) is 6.66. The maximum Gasteiger partial charge on any atom is 0.453 e. The minimum absolute atomic E-state index is 0.0173. The molecule has 2 aliphatic heterocycles. The number of morpholine rings is 1. The number of anilines is 1. The number of aromatic nitrogens is 4. The molecule has 1 N–H and O–H groups in total. The van der Waals surface area contributed by atoms with Gasteiger partial charge in [0.15, 0.2) is 5.65 Å². The van der Waals surface area contributed by atoms with Crippen molar-refractivity contribution >= 4 is 17.4 Å². The van der Waals surface area contributed by atoms with E-state index < -0.39 is 12.0 Å². The Hall–Kier alpha value is -2.47. The molecule has 12 heteroatoms. The smallest absolute Gasteiger partial charge is 0.373 e. The zero-order valence-corrected chi connectivity index (χ0v) is 20.0. The summed E-state index contributed by atoms with van der Waals surface area (Å²) in [6, 6.07) is 3.11. The SMILES string of the molecule is C[C@H]1CN(C(C)(C)CNC(=O)C2CCN(c3ccc4nnc(C(F)(F)F)n4n3)CC2)C[C@H](C)O1. The lowest BCUT2D eigenvalue weighted by molar-refractivity contribution is -0.146. The molecule has 1 amide bonds. The molecule has 2 aromatic rings. The van der Waals surface area contributed by atoms with E-state index in [-0.39, 0.29) is 35.2 Å². The molecule has 34 heavy (non-hydrogen) atoms. The maximum absolute atomic E-state index is 13.1. The number of rotatable bonds is 5. The molecule has 2 atom stereocenters. The van der Waals surface area contributed by atoms with Crippen LogP contribution in [0.15, 0.2) is 12.1 Å². The molecule has 0 radical (unpaired) electrons. The van der Waals surface area contributed by atoms with Gasteiger partial charge in [-0.15, -0.1) is 15.3 Å². The number of hydrogen-bond acceptors (Lipinski definition) is 7. The van der Waals surface area contributed by atoms with Gasteiger partial charge in [-0.25, -0.2) is 0 Å². The van der Waals surface area contributed by atoms with Gasteiger partial charge >= 0.3 is 6.18 Å². The lowest BCUT2D eigenvalue weighted by atomic mass is 9.94. The highest BCUT2D eigenvalue weighted by Gasteiger charge is 2.38. The van der Waals surface area contributed by atoms with Crippen LogP contribution in [0.2, 0.25) is 0 Å². The van der Waals surface area contributed by atoms with E-state index in [1.165, 1.54) is 6.07 Å². The third-order valence-corrected chi connectivity index (χ3v) is 6.66. The van der Waals surface area contributed by atoms with Crippen molar-refractivity contribution in [3.63, 3.8) is 0 Å². The first-order valence-corrected chi connectivity index (χ1v) is 11.7. The van der Waals surface area contributed by atoms with Gasteiger partial charge in [-0.2, -0.15) is 17.7 Å². The number of halogens is 3. The standard InChI is InChI=1S/C22H32F3N7O2/c1-14-11-31(12-15(2)34-14)21(3,4)13-26-19(33)16-7-9-30(10-8-16)18-6-5-17-27-28-20(22(23,24)25)32(17)29-18/h5-6,14-16H,7-13H2,1-4H3,(H,26,33)/t14-,15-/m0/s1. The van der Waals surface area contributed by atoms with Gasteiger partial charge in [0.05, 0.1) is 12.2 Å². The summed E-state index contributed by atoms with van der Waals surface area (Å²) in [6.45, 7) is 11.6. The summed E-state index contributed by atoms with van der Waals surface area (Å²) in [5.74, 6) is -0.860. The predicted octanol–water partition coefficient (Wildman–Crippen LogP) is 2.36. The van der Waals surface area contributed by atoms with Crippen molar-refractivity contribution in [3.05, 3.63) is 18.0 Å². The van der Waals surface area contributed by atoms with Crippen LogP contribution in [0.25, 0.3) is 5.65 Å². The zero-order chi connectivity index (χ0) is 24.7. The van der Waals surface area contributed by atoms with Crippen LogP contribution in [-0.4, -0.2) is 81.1 Å². The van der Waals surface area contributed by atoms with Crippen LogP contribution in [0, 0.1) is 5.92 Å². The molecule has 2 aliphatic rings. The van der Waals surface area contributed by atoms with Gasteiger partial charge in [-0.05, 0) is 52.7 Å². The fourth-order valence-corrected chi connectivity index (χ4v) is 4.73. The molecule has 0 spiro atoms. The molecule has 0 aliphatic carbocycles. The largest absolute Gasteiger partial charge is 0.453 e. The summed E-state index contributed by atoms with van der Waals surface area (Å²) in [5.41, 5.74) is -0.159. The van der Waals surface area contributed by atoms with Gasteiger partial charge in [0.2, 0.25) is 5.91 Å². The van der Waals surface area contributed by atoms with Crippen LogP contribution < -0.4 is 10.2 Å². The summed E-state index contributed by atoms with van der Waals surface area (Å²) < 4.78 is 46.0. The number of amides is 1. The number of hydrogen-bond donors (Lipinski definition) is 1. The Labute approximate surface area is 196 Å². The van der Waals surface area contributed by atoms with Gasteiger partial charge in [0.25, 0.3) is 5.82 Å². The van der Waals surface area contributed by atoms with Crippen LogP contribution in [0.5, 0.6) is 0 Å². The van der Waals surface area contributed by atoms with Gasteiger partial charge < -0.3 is 15.0 Å². The van der Waals surface area contributed by atoms with E-state index in [2.05, 4.69) is 53.2 Å². The van der Waals surface area contributed by atoms with Crippen molar-refractivity contribution in [3.8, 4) is 0 Å². The Balaban J connectivity index is 1.32. The van der Waals surface area contributed by atoms with Crippen molar-refractivity contribution in [1.82, 2.24) is 30.0 Å². The molecule has 2 aromatic heterocycles. The minimum Gasteiger partial charge on any atom is -0.373 e. The normalized spacial score (nSPS) is 23.4. The van der Waals surface area contributed by atoms with E-state index in [1.54, 1.807) is 6.07 Å². The van der Waals surface area contributed by atoms with Gasteiger partial charge in [-0.3, -0.25) is 9.69 Å². The number of fused-ring (bicyclic) bond motifs is 1. The summed E-state index contributed by atoms with van der Waals surface area (Å²) in [5, 5.41) is 14.0. The molecule has 0 bridgehead atoms. The molecular weight excluding hydrogens is 451 g/mol. The fourth-order valence-electron chi connectivity index (χ4n) is 4.73. The lowest BCUT2D eigenvalue weighted by Crippen LogP contribution is -2.59. The number of nitrogens with zero attached hydrogens (tertiary/aromatic N) is 6. The third kappa shape index (κ3) is 5.27. The van der Waals surface area contributed by atoms with E-state index in [1.807, 2.05) is 4.90 Å². The highest BCUT2D eigenvalue weighted by molar-refractivity contribution is 5.79. The molecule has 9 nitrogen and oxygen atoms in total. The predicted molar refractivity (Wildman–Crippen MR) is 119 cm³/mol. The highest BCUT2D eigenvalue weighted by atomic mass is 19.4. The first-order chi connectivity index (χ1) is 15.9. The van der Waals surface area contributed by atoms with Crippen molar-refractivity contribution in [1.29, 1.82) is 0 Å². The van der Waals surface area contributed by atoms with Gasteiger partial charge in [-0.1, -0.05) is 0 Å². The van der Waals surface area contributed by atoms with Crippen molar-refractivity contribution in [2.45, 2.75) is 64.5 Å². The molecular formula is C22H32F3N7O2. The molecule has 0 aromatic carbocycles. The number of piperidine rings is 1. The Bertz CT molecular complexity index is 1010. The molecule has 188 valence electrons. The summed E-state index contributed by atoms with van der Waals surface area (Å²) in [7, 11) is 0. The van der Waals surface area contributed by atoms with Crippen LogP contribution in [0.1, 0.15) is 46.4 Å². The quantitative estimate of drug-likeness (QED) is 0.699. The van der Waals surface area contributed by atoms with Crippen LogP contribution in [-0.2, 0) is 15.7 Å². The Kier molecular flexibility index (Phi) is 6.74. The number of carbonyl (C=O) groups is 1. The highest BCUT2D eigenvalue weighted by Crippen LogP contribution is 2.29. The average molecular weight is 484 g/mol. The minimum atomic E-state index is -4.64. The van der Waals surface area contributed by atoms with E-state index in [4.69, 9.17) is 4.74 Å². The number of ether oxygens (including phenoxy) is 1. The number of carbonyl (C=O) groups excluding carboxylic acids is 1. The summed E-state index contributed by atoms with van der Waals surface area (Å²) in [6.07, 6.45) is -3.12. The van der Waals surface area contributed by atoms with E-state index in [0.717, 1.165) is 17.6 Å². The fraction of sp³-hybridized carbons (Fsp3) is 0.727. The van der Waals surface area contributed by atoms with Crippen LogP contribution in [0.4, 0.5) is 19.0 Å². The molecule has 0 saturated carbocycles. The summed E-state index contributed by atoms with van der Waals surface area (Å²) in [4.78, 5) is 17.1. The molecule has 4 heterocycles. The average Bonchev–Trinajstić information content (AvgIpc) is 3.21. The van der Waals surface area contributed by atoms with Gasteiger partial charge in [0, 0.05) is 44.2 Å². The second-order valence-electron chi connectivity index (χ2n) is 9.94. The van der Waals surface area contributed by atoms with Crippen molar-refractivity contribution < 1.29 is 22.7 Å². The van der Waals surface area contributed by atoms with Crippen molar-refractivity contribution in [2.24, 2.45) is 5.92 Å². The Morgan fingerprint density at radius 3 is 2.38 bits per heavy atom. The van der Waals surface area contributed by atoms with Crippen molar-refractivity contribution in [2.75, 3.05) is 37.6 Å². The first-order valence-electron chi connectivity index (χ1n) is 11.7. The van der Waals surface area contributed by atoms with Crippen LogP contribution >= 0.6 is 0 Å². The number of alkyl halides is 3. The lowest BCUT2D eigenvalue weighted by Gasteiger charge is -2.45. The molecule has 0 unspecified atom stereocenters. The zero-order valence-electron chi connectivity index (χ0n) is 20.0. The molecule has 4 rings (SSSR count). The Morgan fingerprint density at radius 1 is 1.12 bits per heavy atom. The van der Waals surface area contributed by atoms with E-state index in [0.29, 0.717) is 38.3 Å².